The molecule has 92 valence electrons. The van der Waals surface area contributed by atoms with E-state index in [0.717, 1.165) is 19.3 Å². The molecule has 0 aromatic carbocycles. The average molecular weight is 229 g/mol. The van der Waals surface area contributed by atoms with Crippen molar-refractivity contribution in [3.8, 4) is 0 Å². The van der Waals surface area contributed by atoms with Gasteiger partial charge in [0.2, 0.25) is 6.54 Å². The predicted molar refractivity (Wildman–Crippen MR) is 58.6 cm³/mol. The van der Waals surface area contributed by atoms with Crippen LogP contribution in [0.15, 0.2) is 0 Å². The summed E-state index contributed by atoms with van der Waals surface area (Å²) in [5.41, 5.74) is -0.463. The topological polar surface area (TPSA) is 69.4 Å². The number of hydrogen-bond donors (Lipinski definition) is 0. The maximum Gasteiger partial charge on any atom is 0.306 e. The summed E-state index contributed by atoms with van der Waals surface area (Å²) in [6.45, 7) is 4.04. The van der Waals surface area contributed by atoms with E-state index in [4.69, 9.17) is 4.74 Å². The highest BCUT2D eigenvalue weighted by molar-refractivity contribution is 5.70. The van der Waals surface area contributed by atoms with Crippen LogP contribution in [0.3, 0.4) is 0 Å². The zero-order chi connectivity index (χ0) is 12.2. The average Bonchev–Trinajstić information content (AvgIpc) is 2.46. The quantitative estimate of drug-likeness (QED) is 0.411. The van der Waals surface area contributed by atoms with E-state index in [1.54, 1.807) is 6.92 Å². The molecular weight excluding hydrogens is 210 g/mol. The van der Waals surface area contributed by atoms with Gasteiger partial charge in [0.15, 0.2) is 0 Å². The Balaban J connectivity index is 2.64. The SMILES string of the molecule is CCOC(=O)C[C@]1(C[N+](=O)[O-])CC[C@@H](C)C1. The molecule has 0 spiro atoms. The molecule has 0 radical (unpaired) electrons. The standard InChI is InChI=1S/C11H19NO4/c1-3-16-10(13)7-11(8-12(14)15)5-4-9(2)6-11/h9H,3-8H2,1-2H3/t9-,11+/m1/s1. The second-order valence-electron chi connectivity index (χ2n) is 4.82. The summed E-state index contributed by atoms with van der Waals surface area (Å²) in [7, 11) is 0. The van der Waals surface area contributed by atoms with Crippen molar-refractivity contribution in [2.75, 3.05) is 13.2 Å². The smallest absolute Gasteiger partial charge is 0.306 e. The molecule has 0 aliphatic heterocycles. The molecule has 0 saturated heterocycles. The minimum atomic E-state index is -0.463. The van der Waals surface area contributed by atoms with Crippen molar-refractivity contribution >= 4 is 5.97 Å². The van der Waals surface area contributed by atoms with Gasteiger partial charge < -0.3 is 4.74 Å². The third-order valence-electron chi connectivity index (χ3n) is 3.24. The van der Waals surface area contributed by atoms with Crippen LogP contribution in [0.1, 0.15) is 39.5 Å². The van der Waals surface area contributed by atoms with E-state index in [9.17, 15) is 14.9 Å². The van der Waals surface area contributed by atoms with E-state index in [2.05, 4.69) is 6.92 Å². The Kier molecular flexibility index (Phi) is 4.26. The Morgan fingerprint density at radius 1 is 1.62 bits per heavy atom. The summed E-state index contributed by atoms with van der Waals surface area (Å²) in [5.74, 6) is 0.160. The number of carbonyl (C=O) groups is 1. The number of nitrogens with zero attached hydrogens (tertiary/aromatic N) is 1. The molecular formula is C11H19NO4. The van der Waals surface area contributed by atoms with Crippen LogP contribution in [0, 0.1) is 21.4 Å². The van der Waals surface area contributed by atoms with E-state index >= 15 is 0 Å². The fraction of sp³-hybridized carbons (Fsp3) is 0.909. The number of ether oxygens (including phenoxy) is 1. The second kappa shape index (κ2) is 5.27. The Morgan fingerprint density at radius 2 is 2.31 bits per heavy atom. The summed E-state index contributed by atoms with van der Waals surface area (Å²) in [4.78, 5) is 21.8. The van der Waals surface area contributed by atoms with Crippen molar-refractivity contribution in [1.82, 2.24) is 0 Å². The maximum atomic E-state index is 11.4. The van der Waals surface area contributed by atoms with Gasteiger partial charge in [-0.1, -0.05) is 6.92 Å². The van der Waals surface area contributed by atoms with Crippen LogP contribution in [0.5, 0.6) is 0 Å². The fourth-order valence-corrected chi connectivity index (χ4v) is 2.65. The van der Waals surface area contributed by atoms with Crippen molar-refractivity contribution in [2.45, 2.75) is 39.5 Å². The Morgan fingerprint density at radius 3 is 2.75 bits per heavy atom. The highest BCUT2D eigenvalue weighted by atomic mass is 16.6. The molecule has 2 atom stereocenters. The highest BCUT2D eigenvalue weighted by Gasteiger charge is 2.43. The third-order valence-corrected chi connectivity index (χ3v) is 3.24. The van der Waals surface area contributed by atoms with Crippen LogP contribution in [0.2, 0.25) is 0 Å². The van der Waals surface area contributed by atoms with Crippen molar-refractivity contribution < 1.29 is 14.5 Å². The molecule has 0 aromatic heterocycles. The van der Waals surface area contributed by atoms with Crippen LogP contribution >= 0.6 is 0 Å². The first-order valence-corrected chi connectivity index (χ1v) is 5.75. The first kappa shape index (κ1) is 12.9. The summed E-state index contributed by atoms with van der Waals surface area (Å²) in [5, 5.41) is 10.7. The van der Waals surface area contributed by atoms with Crippen LogP contribution in [0.25, 0.3) is 0 Å². The minimum absolute atomic E-state index is 0.115. The van der Waals surface area contributed by atoms with E-state index in [0.29, 0.717) is 12.5 Å². The van der Waals surface area contributed by atoms with E-state index in [1.807, 2.05) is 0 Å². The second-order valence-corrected chi connectivity index (χ2v) is 4.82. The Bertz CT molecular complexity index is 279. The molecule has 0 amide bonds. The first-order chi connectivity index (χ1) is 7.47. The van der Waals surface area contributed by atoms with Crippen LogP contribution in [0.4, 0.5) is 0 Å². The molecule has 1 fully saturated rings. The van der Waals surface area contributed by atoms with Crippen molar-refractivity contribution in [3.05, 3.63) is 10.1 Å². The van der Waals surface area contributed by atoms with Crippen LogP contribution in [-0.2, 0) is 9.53 Å². The molecule has 0 heterocycles. The van der Waals surface area contributed by atoms with E-state index in [-0.39, 0.29) is 23.9 Å². The predicted octanol–water partition coefficient (Wildman–Crippen LogP) is 2.02. The van der Waals surface area contributed by atoms with Gasteiger partial charge in [0.1, 0.15) is 0 Å². The van der Waals surface area contributed by atoms with Gasteiger partial charge in [-0.2, -0.15) is 0 Å². The van der Waals surface area contributed by atoms with Gasteiger partial charge in [0, 0.05) is 10.3 Å². The van der Waals surface area contributed by atoms with Crippen LogP contribution < -0.4 is 0 Å². The summed E-state index contributed by atoms with van der Waals surface area (Å²) < 4.78 is 4.88. The molecule has 0 N–H and O–H groups in total. The van der Waals surface area contributed by atoms with Gasteiger partial charge in [-0.05, 0) is 32.1 Å². The maximum absolute atomic E-state index is 11.4. The number of hydrogen-bond acceptors (Lipinski definition) is 4. The summed E-state index contributed by atoms with van der Waals surface area (Å²) in [6.07, 6.45) is 2.67. The molecule has 0 aromatic rings. The normalized spacial score (nSPS) is 29.0. The molecule has 1 aliphatic rings. The molecule has 0 unspecified atom stereocenters. The van der Waals surface area contributed by atoms with Gasteiger partial charge in [-0.15, -0.1) is 0 Å². The lowest BCUT2D eigenvalue weighted by Gasteiger charge is -2.23. The zero-order valence-corrected chi connectivity index (χ0v) is 9.90. The Hall–Kier alpha value is -1.13. The van der Waals surface area contributed by atoms with E-state index in [1.165, 1.54) is 0 Å². The summed E-state index contributed by atoms with van der Waals surface area (Å²) >= 11 is 0. The first-order valence-electron chi connectivity index (χ1n) is 5.75. The number of nitro groups is 1. The van der Waals surface area contributed by atoms with Gasteiger partial charge in [0.25, 0.3) is 0 Å². The van der Waals surface area contributed by atoms with Gasteiger partial charge in [-0.25, -0.2) is 0 Å². The van der Waals surface area contributed by atoms with Gasteiger partial charge >= 0.3 is 5.97 Å². The monoisotopic (exact) mass is 229 g/mol. The van der Waals surface area contributed by atoms with Gasteiger partial charge in [0.05, 0.1) is 13.0 Å². The largest absolute Gasteiger partial charge is 0.466 e. The third kappa shape index (κ3) is 3.47. The molecule has 16 heavy (non-hydrogen) atoms. The minimum Gasteiger partial charge on any atom is -0.466 e. The zero-order valence-electron chi connectivity index (χ0n) is 9.90. The number of esters is 1. The highest BCUT2D eigenvalue weighted by Crippen LogP contribution is 2.44. The van der Waals surface area contributed by atoms with Crippen molar-refractivity contribution in [1.29, 1.82) is 0 Å². The lowest BCUT2D eigenvalue weighted by molar-refractivity contribution is -0.497. The molecule has 1 saturated carbocycles. The lowest BCUT2D eigenvalue weighted by Crippen LogP contribution is -2.30. The van der Waals surface area contributed by atoms with Crippen molar-refractivity contribution in [2.24, 2.45) is 11.3 Å². The van der Waals surface area contributed by atoms with Gasteiger partial charge in [-0.3, -0.25) is 14.9 Å². The lowest BCUT2D eigenvalue weighted by atomic mass is 9.82. The molecule has 5 heteroatoms. The molecule has 0 bridgehead atoms. The summed E-state index contributed by atoms with van der Waals surface area (Å²) in [6, 6.07) is 0. The van der Waals surface area contributed by atoms with Crippen molar-refractivity contribution in [3.63, 3.8) is 0 Å². The number of rotatable bonds is 5. The van der Waals surface area contributed by atoms with E-state index < -0.39 is 5.41 Å². The fourth-order valence-electron chi connectivity index (χ4n) is 2.65. The Labute approximate surface area is 95.3 Å². The number of carbonyl (C=O) groups excluding carboxylic acids is 1. The van der Waals surface area contributed by atoms with Crippen LogP contribution in [-0.4, -0.2) is 24.0 Å². The molecule has 5 nitrogen and oxygen atoms in total. The molecule has 1 rings (SSSR count). The molecule has 1 aliphatic carbocycles.